The Bertz CT molecular complexity index is 1340. The molecule has 2 aromatic carbocycles. The Balaban J connectivity index is 0.000000276. The number of hydrogen-bond donors (Lipinski definition) is 7. The summed E-state index contributed by atoms with van der Waals surface area (Å²) in [6.45, 7) is -0.569. The molecule has 4 atom stereocenters. The van der Waals surface area contributed by atoms with Gasteiger partial charge in [0, 0.05) is 18.9 Å². The number of aliphatic imine (C=N–C) groups is 1. The maximum atomic E-state index is 12.2. The van der Waals surface area contributed by atoms with Crippen molar-refractivity contribution in [3.63, 3.8) is 0 Å². The van der Waals surface area contributed by atoms with Crippen LogP contribution in [0.3, 0.4) is 0 Å². The Labute approximate surface area is 238 Å². The van der Waals surface area contributed by atoms with Crippen LogP contribution in [0.2, 0.25) is 10.0 Å². The lowest BCUT2D eigenvalue weighted by atomic mass is 10.0. The van der Waals surface area contributed by atoms with E-state index in [4.69, 9.17) is 43.6 Å². The van der Waals surface area contributed by atoms with Crippen LogP contribution in [-0.4, -0.2) is 91.2 Å². The second-order valence-electron chi connectivity index (χ2n) is 8.21. The number of para-hydroxylation sites is 1. The molecule has 1 aromatic heterocycles. The molecule has 1 aliphatic rings. The van der Waals surface area contributed by atoms with Gasteiger partial charge in [0.1, 0.15) is 24.0 Å². The van der Waals surface area contributed by atoms with Gasteiger partial charge in [-0.1, -0.05) is 35.3 Å². The van der Waals surface area contributed by atoms with E-state index in [1.165, 1.54) is 11.8 Å². The fraction of sp³-hybridized carbons (Fsp3) is 0.280. The highest BCUT2D eigenvalue weighted by atomic mass is 35.5. The highest BCUT2D eigenvalue weighted by Crippen LogP contribution is 2.35. The summed E-state index contributed by atoms with van der Waals surface area (Å²) in [4.78, 5) is 25.6. The van der Waals surface area contributed by atoms with Gasteiger partial charge in [0.2, 0.25) is 0 Å². The summed E-state index contributed by atoms with van der Waals surface area (Å²) in [6, 6.07) is 10.8. The third kappa shape index (κ3) is 8.42. The van der Waals surface area contributed by atoms with E-state index in [2.05, 4.69) is 25.6 Å². The summed E-state index contributed by atoms with van der Waals surface area (Å²) in [6.07, 6.45) is -0.589. The van der Waals surface area contributed by atoms with Gasteiger partial charge in [-0.15, -0.1) is 0 Å². The van der Waals surface area contributed by atoms with E-state index in [0.717, 1.165) is 16.6 Å². The van der Waals surface area contributed by atoms with Crippen molar-refractivity contribution in [3.05, 3.63) is 69.3 Å². The Hall–Kier alpha value is -2.65. The predicted molar refractivity (Wildman–Crippen MR) is 152 cm³/mol. The lowest BCUT2D eigenvalue weighted by Crippen LogP contribution is -2.48. The van der Waals surface area contributed by atoms with Crippen LogP contribution < -0.4 is 10.6 Å². The number of nitrogens with one attached hydrogen (secondary N) is 2. The minimum atomic E-state index is -1.55. The highest BCUT2D eigenvalue weighted by Gasteiger charge is 2.29. The molecule has 1 saturated heterocycles. The molecule has 0 radical (unpaired) electrons. The van der Waals surface area contributed by atoms with Gasteiger partial charge in [-0.2, -0.15) is 0 Å². The van der Waals surface area contributed by atoms with Gasteiger partial charge in [-0.3, -0.25) is 14.8 Å². The van der Waals surface area contributed by atoms with Crippen molar-refractivity contribution in [3.8, 4) is 0 Å². The van der Waals surface area contributed by atoms with E-state index < -0.39 is 31.0 Å². The average molecular weight is 596 g/mol. The van der Waals surface area contributed by atoms with Crippen LogP contribution >= 0.6 is 35.0 Å². The van der Waals surface area contributed by atoms with E-state index >= 15 is 0 Å². The first kappa shape index (κ1) is 30.9. The first-order valence-electron chi connectivity index (χ1n) is 11.6. The molecule has 11 nitrogen and oxygen atoms in total. The summed E-state index contributed by atoms with van der Waals surface area (Å²) >= 11 is 13.5. The molecule has 0 spiro atoms. The molecule has 2 heterocycles. The van der Waals surface area contributed by atoms with Crippen LogP contribution in [0, 0.1) is 0 Å². The van der Waals surface area contributed by atoms with E-state index in [1.54, 1.807) is 43.7 Å². The van der Waals surface area contributed by atoms with Crippen molar-refractivity contribution in [1.82, 2.24) is 20.6 Å². The van der Waals surface area contributed by atoms with Crippen LogP contribution in [0.25, 0.3) is 17.1 Å². The predicted octanol–water partition coefficient (Wildman–Crippen LogP) is 1.47. The zero-order chi connectivity index (χ0) is 28.5. The largest absolute Gasteiger partial charge is 0.394 e. The molecule has 0 aliphatic carbocycles. The van der Waals surface area contributed by atoms with Gasteiger partial charge in [0.05, 0.1) is 38.7 Å². The molecular formula is C25H27Cl2N5O6S. The van der Waals surface area contributed by atoms with Gasteiger partial charge in [0.25, 0.3) is 5.91 Å². The molecule has 4 rings (SSSR count). The Morgan fingerprint density at radius 3 is 2.31 bits per heavy atom. The smallest absolute Gasteiger partial charge is 0.264 e. The van der Waals surface area contributed by atoms with Gasteiger partial charge < -0.3 is 36.2 Å². The number of thioether (sulfide) groups is 1. The van der Waals surface area contributed by atoms with Gasteiger partial charge >= 0.3 is 0 Å². The monoisotopic (exact) mass is 595 g/mol. The number of aliphatic hydroxyl groups excluding tert-OH is 5. The number of fused-ring (bicyclic) bond motifs is 1. The van der Waals surface area contributed by atoms with Crippen LogP contribution in [-0.2, 0) is 4.79 Å². The second-order valence-corrected chi connectivity index (χ2v) is 10.1. The molecule has 1 fully saturated rings. The molecule has 39 heavy (non-hydrogen) atoms. The van der Waals surface area contributed by atoms with E-state index in [1.807, 2.05) is 18.2 Å². The van der Waals surface area contributed by atoms with Crippen LogP contribution in [0.15, 0.2) is 58.7 Å². The topological polar surface area (TPSA) is 180 Å². The normalized spacial score (nSPS) is 18.4. The van der Waals surface area contributed by atoms with Crippen molar-refractivity contribution in [2.75, 3.05) is 20.2 Å². The number of carbonyl (C=O) groups excluding carboxylic acids is 1. The molecule has 1 aliphatic heterocycles. The summed E-state index contributed by atoms with van der Waals surface area (Å²) < 4.78 is 0. The van der Waals surface area contributed by atoms with Crippen LogP contribution in [0.5, 0.6) is 0 Å². The first-order chi connectivity index (χ1) is 18.6. The maximum Gasteiger partial charge on any atom is 0.264 e. The van der Waals surface area contributed by atoms with Crippen molar-refractivity contribution in [2.45, 2.75) is 24.4 Å². The molecule has 0 bridgehead atoms. The quantitative estimate of drug-likeness (QED) is 0.188. The summed E-state index contributed by atoms with van der Waals surface area (Å²) in [5.74, 6) is -0.226. The van der Waals surface area contributed by atoms with E-state index in [-0.39, 0.29) is 12.5 Å². The van der Waals surface area contributed by atoms with Gasteiger partial charge in [-0.05, 0) is 54.7 Å². The molecule has 14 heteroatoms. The molecule has 1 amide bonds. The SMILES string of the molecule is CNC[C@H](O)[C@@H](O)[C@H](O)[C@H](O)CO.O=C1NC(=Nc2c(Cl)cccc2Cl)S/C1=C\c1ccc2nccnc2c1. The lowest BCUT2D eigenvalue weighted by Gasteiger charge is -2.25. The van der Waals surface area contributed by atoms with Crippen molar-refractivity contribution in [1.29, 1.82) is 0 Å². The summed E-state index contributed by atoms with van der Waals surface area (Å²) in [5.41, 5.74) is 2.85. The third-order valence-electron chi connectivity index (χ3n) is 5.33. The van der Waals surface area contributed by atoms with Gasteiger partial charge in [0.15, 0.2) is 5.17 Å². The van der Waals surface area contributed by atoms with Crippen LogP contribution in [0.4, 0.5) is 5.69 Å². The molecule has 7 N–H and O–H groups in total. The number of likely N-dealkylation sites (N-methyl/N-ethyl adjacent to an activating group) is 1. The van der Waals surface area contributed by atoms with Crippen molar-refractivity contribution >= 4 is 68.8 Å². The van der Waals surface area contributed by atoms with Crippen LogP contribution in [0.1, 0.15) is 5.56 Å². The van der Waals surface area contributed by atoms with Crippen molar-refractivity contribution < 1.29 is 30.3 Å². The minimum absolute atomic E-state index is 0.0936. The zero-order valence-electron chi connectivity index (χ0n) is 20.6. The number of aromatic nitrogens is 2. The molecule has 3 aromatic rings. The molecule has 208 valence electrons. The fourth-order valence-electron chi connectivity index (χ4n) is 3.29. The van der Waals surface area contributed by atoms with Gasteiger partial charge in [-0.25, -0.2) is 4.99 Å². The summed E-state index contributed by atoms with van der Waals surface area (Å²) in [7, 11) is 1.57. The highest BCUT2D eigenvalue weighted by molar-refractivity contribution is 8.18. The standard InChI is InChI=1S/C18H10Cl2N4OS.C7H17NO5/c19-11-2-1-3-12(20)16(11)23-18-24-17(25)15(26-18)9-10-4-5-13-14(8-10)22-7-6-21-13;1-8-2-4(10)6(12)7(13)5(11)3-9/h1-9H,(H,23,24,25);4-13H,2-3H2,1H3/b15-9-;/t;4-,5+,6+,7+/m.0/s1. The Morgan fingerprint density at radius 1 is 1.03 bits per heavy atom. The number of halogens is 2. The van der Waals surface area contributed by atoms with E-state index in [0.29, 0.717) is 25.8 Å². The second kappa shape index (κ2) is 14.7. The first-order valence-corrected chi connectivity index (χ1v) is 13.1. The maximum absolute atomic E-state index is 12.2. The Morgan fingerprint density at radius 2 is 1.67 bits per heavy atom. The van der Waals surface area contributed by atoms with E-state index in [9.17, 15) is 9.90 Å². The number of aliphatic hydroxyl groups is 5. The number of rotatable bonds is 8. The number of amidine groups is 1. The fourth-order valence-corrected chi connectivity index (χ4v) is 4.60. The Kier molecular flexibility index (Phi) is 11.6. The number of hydrogen-bond acceptors (Lipinski definition) is 11. The average Bonchev–Trinajstić information content (AvgIpc) is 3.28. The third-order valence-corrected chi connectivity index (χ3v) is 6.85. The summed E-state index contributed by atoms with van der Waals surface area (Å²) in [5, 5.41) is 51.5. The minimum Gasteiger partial charge on any atom is -0.394 e. The number of carbonyl (C=O) groups is 1. The van der Waals surface area contributed by atoms with Crippen molar-refractivity contribution in [2.24, 2.45) is 4.99 Å². The molecular weight excluding hydrogens is 569 g/mol. The lowest BCUT2D eigenvalue weighted by molar-refractivity contribution is -0.115. The number of benzene rings is 2. The number of nitrogens with zero attached hydrogens (tertiary/aromatic N) is 3. The zero-order valence-corrected chi connectivity index (χ0v) is 22.9. The molecule has 0 unspecified atom stereocenters. The number of amides is 1. The molecule has 0 saturated carbocycles.